The molecule has 0 saturated carbocycles. The monoisotopic (exact) mass is 443 g/mol. The number of thiazole rings is 1. The minimum atomic E-state index is -0.626. The van der Waals surface area contributed by atoms with Crippen molar-refractivity contribution in [2.75, 3.05) is 23.7 Å². The summed E-state index contributed by atoms with van der Waals surface area (Å²) in [4.78, 5) is 38.5. The first kappa shape index (κ1) is 21.8. The lowest BCUT2D eigenvalue weighted by molar-refractivity contribution is -0.384. The first-order valence-electron chi connectivity index (χ1n) is 9.17. The van der Waals surface area contributed by atoms with Crippen LogP contribution in [-0.2, 0) is 11.2 Å². The highest BCUT2D eigenvalue weighted by Gasteiger charge is 2.14. The average molecular weight is 443 g/mol. The molecule has 3 aromatic rings. The number of anilines is 2. The van der Waals surface area contributed by atoms with Gasteiger partial charge in [-0.05, 0) is 24.3 Å². The SMILES string of the molecule is O=C(Cc1csc(NC(=O)c2ccccc2F)n1)NCCNc1ccc([N+](=O)[O-])cc1. The Kier molecular flexibility index (Phi) is 7.22. The van der Waals surface area contributed by atoms with Crippen LogP contribution in [0.2, 0.25) is 0 Å². The summed E-state index contributed by atoms with van der Waals surface area (Å²) < 4.78 is 13.7. The van der Waals surface area contributed by atoms with E-state index in [1.54, 1.807) is 23.6 Å². The van der Waals surface area contributed by atoms with E-state index in [0.29, 0.717) is 24.5 Å². The van der Waals surface area contributed by atoms with E-state index in [1.807, 2.05) is 0 Å². The van der Waals surface area contributed by atoms with Crippen molar-refractivity contribution in [2.24, 2.45) is 0 Å². The van der Waals surface area contributed by atoms with Crippen molar-refractivity contribution in [3.05, 3.63) is 81.1 Å². The molecule has 160 valence electrons. The molecule has 0 aliphatic carbocycles. The van der Waals surface area contributed by atoms with Crippen LogP contribution < -0.4 is 16.0 Å². The number of aromatic nitrogens is 1. The highest BCUT2D eigenvalue weighted by molar-refractivity contribution is 7.14. The van der Waals surface area contributed by atoms with Crippen LogP contribution in [0.3, 0.4) is 0 Å². The number of halogens is 1. The van der Waals surface area contributed by atoms with Gasteiger partial charge in [0.2, 0.25) is 5.91 Å². The number of hydrogen-bond donors (Lipinski definition) is 3. The molecule has 0 spiro atoms. The van der Waals surface area contributed by atoms with Crippen LogP contribution >= 0.6 is 11.3 Å². The summed E-state index contributed by atoms with van der Waals surface area (Å²) in [5, 5.41) is 20.8. The molecule has 3 rings (SSSR count). The molecule has 0 bridgehead atoms. The second kappa shape index (κ2) is 10.3. The molecule has 1 aromatic heterocycles. The van der Waals surface area contributed by atoms with E-state index < -0.39 is 16.6 Å². The molecule has 0 unspecified atom stereocenters. The number of nitro groups is 1. The number of nitrogens with one attached hydrogen (secondary N) is 3. The number of hydrogen-bond acceptors (Lipinski definition) is 7. The smallest absolute Gasteiger partial charge is 0.269 e. The summed E-state index contributed by atoms with van der Waals surface area (Å²) in [5.41, 5.74) is 1.10. The van der Waals surface area contributed by atoms with Gasteiger partial charge in [0.25, 0.3) is 11.6 Å². The van der Waals surface area contributed by atoms with Crippen LogP contribution in [0.15, 0.2) is 53.9 Å². The maximum atomic E-state index is 13.7. The molecule has 0 aliphatic heterocycles. The first-order chi connectivity index (χ1) is 14.9. The van der Waals surface area contributed by atoms with E-state index in [1.165, 1.54) is 30.3 Å². The van der Waals surface area contributed by atoms with Crippen LogP contribution in [0, 0.1) is 15.9 Å². The Morgan fingerprint density at radius 3 is 2.55 bits per heavy atom. The molecule has 31 heavy (non-hydrogen) atoms. The number of rotatable bonds is 9. The standard InChI is InChI=1S/C20H18FN5O4S/c21-17-4-2-1-3-16(17)19(28)25-20-24-14(12-31-20)11-18(27)23-10-9-22-13-5-7-15(8-6-13)26(29)30/h1-8,12,22H,9-11H2,(H,23,27)(H,24,25,28). The molecule has 0 saturated heterocycles. The van der Waals surface area contributed by atoms with E-state index in [2.05, 4.69) is 20.9 Å². The second-order valence-corrected chi connectivity index (χ2v) is 7.19. The van der Waals surface area contributed by atoms with Crippen LogP contribution in [-0.4, -0.2) is 34.8 Å². The van der Waals surface area contributed by atoms with Crippen LogP contribution in [0.4, 0.5) is 20.9 Å². The normalized spacial score (nSPS) is 10.4. The molecule has 2 amide bonds. The van der Waals surface area contributed by atoms with Crippen LogP contribution in [0.1, 0.15) is 16.1 Å². The molecule has 2 aromatic carbocycles. The Bertz CT molecular complexity index is 1090. The number of carbonyl (C=O) groups excluding carboxylic acids is 2. The molecule has 0 fully saturated rings. The third-order valence-corrected chi connectivity index (χ3v) is 4.89. The lowest BCUT2D eigenvalue weighted by atomic mass is 10.2. The van der Waals surface area contributed by atoms with Crippen LogP contribution in [0.25, 0.3) is 0 Å². The van der Waals surface area contributed by atoms with Gasteiger partial charge >= 0.3 is 0 Å². The Morgan fingerprint density at radius 2 is 1.84 bits per heavy atom. The summed E-state index contributed by atoms with van der Waals surface area (Å²) in [6, 6.07) is 11.6. The lowest BCUT2D eigenvalue weighted by Crippen LogP contribution is -2.30. The third kappa shape index (κ3) is 6.31. The molecule has 11 heteroatoms. The highest BCUT2D eigenvalue weighted by atomic mass is 32.1. The predicted molar refractivity (Wildman–Crippen MR) is 115 cm³/mol. The third-order valence-electron chi connectivity index (χ3n) is 4.09. The van der Waals surface area contributed by atoms with Gasteiger partial charge in [0, 0.05) is 36.3 Å². The van der Waals surface area contributed by atoms with E-state index in [-0.39, 0.29) is 28.7 Å². The summed E-state index contributed by atoms with van der Waals surface area (Å²) in [6.45, 7) is 0.779. The van der Waals surface area contributed by atoms with E-state index in [4.69, 9.17) is 0 Å². The fraction of sp³-hybridized carbons (Fsp3) is 0.150. The van der Waals surface area contributed by atoms with Crippen molar-refractivity contribution in [3.63, 3.8) is 0 Å². The molecule has 3 N–H and O–H groups in total. The number of benzene rings is 2. The van der Waals surface area contributed by atoms with Gasteiger partial charge in [-0.3, -0.25) is 25.0 Å². The number of amides is 2. The number of non-ortho nitro benzene ring substituents is 1. The molecule has 9 nitrogen and oxygen atoms in total. The Morgan fingerprint density at radius 1 is 1.10 bits per heavy atom. The summed E-state index contributed by atoms with van der Waals surface area (Å²) in [7, 11) is 0. The molecule has 0 atom stereocenters. The molecular formula is C20H18FN5O4S. The van der Waals surface area contributed by atoms with E-state index in [9.17, 15) is 24.1 Å². The van der Waals surface area contributed by atoms with E-state index >= 15 is 0 Å². The topological polar surface area (TPSA) is 126 Å². The van der Waals surface area contributed by atoms with E-state index in [0.717, 1.165) is 11.3 Å². The first-order valence-corrected chi connectivity index (χ1v) is 10.1. The van der Waals surface area contributed by atoms with Crippen molar-refractivity contribution in [1.82, 2.24) is 10.3 Å². The predicted octanol–water partition coefficient (Wildman–Crippen LogP) is 3.21. The van der Waals surface area contributed by atoms with Gasteiger partial charge in [-0.1, -0.05) is 12.1 Å². The zero-order chi connectivity index (χ0) is 22.2. The average Bonchev–Trinajstić information content (AvgIpc) is 3.18. The maximum absolute atomic E-state index is 13.7. The number of carbonyl (C=O) groups is 2. The summed E-state index contributed by atoms with van der Waals surface area (Å²) in [5.74, 6) is -1.48. The van der Waals surface area contributed by atoms with Gasteiger partial charge in [0.15, 0.2) is 5.13 Å². The Hall–Kier alpha value is -3.86. The van der Waals surface area contributed by atoms with Gasteiger partial charge < -0.3 is 10.6 Å². The largest absolute Gasteiger partial charge is 0.383 e. The van der Waals surface area contributed by atoms with Gasteiger partial charge in [0.05, 0.1) is 22.6 Å². The maximum Gasteiger partial charge on any atom is 0.269 e. The second-order valence-electron chi connectivity index (χ2n) is 6.34. The minimum Gasteiger partial charge on any atom is -0.383 e. The van der Waals surface area contributed by atoms with Gasteiger partial charge in [0.1, 0.15) is 5.82 Å². The summed E-state index contributed by atoms with van der Waals surface area (Å²) in [6.07, 6.45) is 0.0313. The quantitative estimate of drug-likeness (QED) is 0.265. The fourth-order valence-electron chi connectivity index (χ4n) is 2.59. The zero-order valence-corrected chi connectivity index (χ0v) is 16.9. The molecular weight excluding hydrogens is 425 g/mol. The Balaban J connectivity index is 1.41. The lowest BCUT2D eigenvalue weighted by Gasteiger charge is -2.07. The number of nitro benzene ring substituents is 1. The van der Waals surface area contributed by atoms with Gasteiger partial charge in [-0.15, -0.1) is 11.3 Å². The van der Waals surface area contributed by atoms with Crippen molar-refractivity contribution in [3.8, 4) is 0 Å². The van der Waals surface area contributed by atoms with Gasteiger partial charge in [-0.2, -0.15) is 0 Å². The molecule has 1 heterocycles. The van der Waals surface area contributed by atoms with Crippen molar-refractivity contribution in [2.45, 2.75) is 6.42 Å². The van der Waals surface area contributed by atoms with Crippen molar-refractivity contribution in [1.29, 1.82) is 0 Å². The molecule has 0 aliphatic rings. The number of nitrogens with zero attached hydrogens (tertiary/aromatic N) is 2. The zero-order valence-electron chi connectivity index (χ0n) is 16.1. The van der Waals surface area contributed by atoms with Crippen molar-refractivity contribution >= 4 is 39.7 Å². The fourth-order valence-corrected chi connectivity index (χ4v) is 3.30. The molecule has 0 radical (unpaired) electrons. The van der Waals surface area contributed by atoms with Crippen LogP contribution in [0.5, 0.6) is 0 Å². The van der Waals surface area contributed by atoms with Gasteiger partial charge in [-0.25, -0.2) is 9.37 Å². The summed E-state index contributed by atoms with van der Waals surface area (Å²) >= 11 is 1.14. The van der Waals surface area contributed by atoms with Crippen molar-refractivity contribution < 1.29 is 18.9 Å². The Labute approximate surface area is 180 Å². The highest BCUT2D eigenvalue weighted by Crippen LogP contribution is 2.18. The minimum absolute atomic E-state index is 0.00609.